The summed E-state index contributed by atoms with van der Waals surface area (Å²) in [6, 6.07) is 0.428. The third-order valence-electron chi connectivity index (χ3n) is 5.69. The van der Waals surface area contributed by atoms with Crippen LogP contribution in [0.15, 0.2) is 4.42 Å². The van der Waals surface area contributed by atoms with Crippen molar-refractivity contribution in [2.24, 2.45) is 5.92 Å². The molecule has 2 saturated carbocycles. The highest BCUT2D eigenvalue weighted by Crippen LogP contribution is 2.41. The predicted molar refractivity (Wildman–Crippen MR) is 83.8 cm³/mol. The van der Waals surface area contributed by atoms with E-state index in [-0.39, 0.29) is 5.91 Å². The van der Waals surface area contributed by atoms with Crippen LogP contribution in [0, 0.1) is 12.8 Å². The van der Waals surface area contributed by atoms with Crippen LogP contribution in [0.3, 0.4) is 0 Å². The topological polar surface area (TPSA) is 46.3 Å². The Kier molecular flexibility index (Phi) is 3.71. The van der Waals surface area contributed by atoms with Gasteiger partial charge in [-0.25, -0.2) is 4.98 Å². The number of fused-ring (bicyclic) bond motifs is 1. The van der Waals surface area contributed by atoms with E-state index in [0.717, 1.165) is 37.4 Å². The molecule has 1 amide bonds. The van der Waals surface area contributed by atoms with E-state index in [1.165, 1.54) is 38.5 Å². The Balaban J connectivity index is 1.59. The van der Waals surface area contributed by atoms with Crippen molar-refractivity contribution in [2.75, 3.05) is 6.54 Å². The van der Waals surface area contributed by atoms with Gasteiger partial charge in [0.05, 0.1) is 5.69 Å². The first-order valence-corrected chi connectivity index (χ1v) is 9.02. The number of carbonyl (C=O) groups excluding carboxylic acids is 1. The monoisotopic (exact) mass is 302 g/mol. The van der Waals surface area contributed by atoms with E-state index < -0.39 is 0 Å². The minimum atomic E-state index is 0.0932. The average Bonchev–Trinajstić information content (AvgIpc) is 3.32. The van der Waals surface area contributed by atoms with Gasteiger partial charge in [-0.05, 0) is 51.4 Å². The Morgan fingerprint density at radius 3 is 2.59 bits per heavy atom. The predicted octanol–water partition coefficient (Wildman–Crippen LogP) is 4.05. The number of carbonyl (C=O) groups is 1. The number of nitrogens with zero attached hydrogens (tertiary/aromatic N) is 2. The second kappa shape index (κ2) is 5.71. The lowest BCUT2D eigenvalue weighted by molar-refractivity contribution is 0.0535. The zero-order valence-corrected chi connectivity index (χ0v) is 13.5. The van der Waals surface area contributed by atoms with Crippen molar-refractivity contribution in [3.63, 3.8) is 0 Å². The highest BCUT2D eigenvalue weighted by atomic mass is 16.4. The average molecular weight is 302 g/mol. The Morgan fingerprint density at radius 1 is 1.09 bits per heavy atom. The molecular formula is C18H26N2O2. The second-order valence-electron chi connectivity index (χ2n) is 7.35. The van der Waals surface area contributed by atoms with Crippen LogP contribution in [0.2, 0.25) is 0 Å². The molecule has 3 fully saturated rings. The molecule has 4 heteroatoms. The van der Waals surface area contributed by atoms with E-state index in [1.54, 1.807) is 0 Å². The molecule has 3 aliphatic rings. The number of amides is 1. The largest absolute Gasteiger partial charge is 0.435 e. The molecule has 0 unspecified atom stereocenters. The quantitative estimate of drug-likeness (QED) is 0.828. The maximum Gasteiger partial charge on any atom is 0.291 e. The molecule has 2 atom stereocenters. The summed E-state index contributed by atoms with van der Waals surface area (Å²) >= 11 is 0. The van der Waals surface area contributed by atoms with Gasteiger partial charge >= 0.3 is 0 Å². The minimum absolute atomic E-state index is 0.0932. The summed E-state index contributed by atoms with van der Waals surface area (Å²) in [5.41, 5.74) is 0.781. The fourth-order valence-electron chi connectivity index (χ4n) is 4.29. The summed E-state index contributed by atoms with van der Waals surface area (Å²) < 4.78 is 5.87. The van der Waals surface area contributed by atoms with E-state index in [0.29, 0.717) is 23.6 Å². The van der Waals surface area contributed by atoms with Gasteiger partial charge in [-0.3, -0.25) is 4.79 Å². The van der Waals surface area contributed by atoms with Crippen molar-refractivity contribution in [2.45, 2.75) is 76.7 Å². The van der Waals surface area contributed by atoms with Gasteiger partial charge in [0.25, 0.3) is 5.91 Å². The maximum absolute atomic E-state index is 13.1. The summed E-state index contributed by atoms with van der Waals surface area (Å²) in [6.45, 7) is 2.80. The molecule has 0 radical (unpaired) electrons. The number of hydrogen-bond acceptors (Lipinski definition) is 3. The fourth-order valence-corrected chi connectivity index (χ4v) is 4.29. The van der Waals surface area contributed by atoms with Crippen LogP contribution >= 0.6 is 0 Å². The van der Waals surface area contributed by atoms with E-state index in [1.807, 2.05) is 6.92 Å². The van der Waals surface area contributed by atoms with Crippen molar-refractivity contribution >= 4 is 5.91 Å². The van der Waals surface area contributed by atoms with Crippen LogP contribution in [0.5, 0.6) is 0 Å². The molecule has 1 aliphatic heterocycles. The van der Waals surface area contributed by atoms with E-state index in [4.69, 9.17) is 4.42 Å². The SMILES string of the molecule is Cc1nc(C2CC2)oc1C(=O)N1CCCC[C@@H]2CCCC[C@H]21. The van der Waals surface area contributed by atoms with E-state index in [9.17, 15) is 4.79 Å². The zero-order chi connectivity index (χ0) is 15.1. The normalized spacial score (nSPS) is 29.0. The molecule has 2 heterocycles. The van der Waals surface area contributed by atoms with Gasteiger partial charge in [0.2, 0.25) is 5.76 Å². The highest BCUT2D eigenvalue weighted by Gasteiger charge is 2.37. The first-order valence-electron chi connectivity index (χ1n) is 9.02. The van der Waals surface area contributed by atoms with Crippen molar-refractivity contribution < 1.29 is 9.21 Å². The number of likely N-dealkylation sites (tertiary alicyclic amines) is 1. The molecule has 0 aromatic carbocycles. The summed E-state index contributed by atoms with van der Waals surface area (Å²) in [4.78, 5) is 19.7. The van der Waals surface area contributed by atoms with Crippen molar-refractivity contribution in [1.82, 2.24) is 9.88 Å². The molecular weight excluding hydrogens is 276 g/mol. The maximum atomic E-state index is 13.1. The highest BCUT2D eigenvalue weighted by molar-refractivity contribution is 5.92. The number of hydrogen-bond donors (Lipinski definition) is 0. The van der Waals surface area contributed by atoms with Gasteiger partial charge in [0.15, 0.2) is 5.89 Å². The molecule has 0 N–H and O–H groups in total. The molecule has 2 aliphatic carbocycles. The van der Waals surface area contributed by atoms with Crippen LogP contribution < -0.4 is 0 Å². The van der Waals surface area contributed by atoms with Gasteiger partial charge < -0.3 is 9.32 Å². The molecule has 0 spiro atoms. The van der Waals surface area contributed by atoms with Gasteiger partial charge in [-0.1, -0.05) is 19.3 Å². The van der Waals surface area contributed by atoms with E-state index >= 15 is 0 Å². The Hall–Kier alpha value is -1.32. The first kappa shape index (κ1) is 14.3. The van der Waals surface area contributed by atoms with Gasteiger partial charge in [0, 0.05) is 18.5 Å². The fraction of sp³-hybridized carbons (Fsp3) is 0.778. The summed E-state index contributed by atoms with van der Waals surface area (Å²) in [6.07, 6.45) is 11.0. The zero-order valence-electron chi connectivity index (χ0n) is 13.5. The first-order chi connectivity index (χ1) is 10.7. The molecule has 0 bridgehead atoms. The lowest BCUT2D eigenvalue weighted by Crippen LogP contribution is -2.45. The molecule has 4 nitrogen and oxygen atoms in total. The van der Waals surface area contributed by atoms with Crippen LogP contribution in [0.25, 0.3) is 0 Å². The number of oxazole rings is 1. The number of rotatable bonds is 2. The standard InChI is InChI=1S/C18H26N2O2/c1-12-16(22-17(19-12)14-9-10-14)18(21)20-11-5-4-7-13-6-2-3-8-15(13)20/h13-15H,2-11H2,1H3/t13-,15+/m0/s1. The van der Waals surface area contributed by atoms with Crippen LogP contribution in [-0.2, 0) is 0 Å². The minimum Gasteiger partial charge on any atom is -0.435 e. The van der Waals surface area contributed by atoms with Gasteiger partial charge in [-0.2, -0.15) is 0 Å². The summed E-state index contributed by atoms with van der Waals surface area (Å²) in [7, 11) is 0. The van der Waals surface area contributed by atoms with E-state index in [2.05, 4.69) is 9.88 Å². The smallest absolute Gasteiger partial charge is 0.291 e. The van der Waals surface area contributed by atoms with Crippen molar-refractivity contribution in [3.05, 3.63) is 17.3 Å². The molecule has 4 rings (SSSR count). The molecule has 1 aromatic rings. The third-order valence-corrected chi connectivity index (χ3v) is 5.69. The lowest BCUT2D eigenvalue weighted by atomic mass is 9.81. The van der Waals surface area contributed by atoms with Crippen LogP contribution in [0.1, 0.15) is 85.8 Å². The van der Waals surface area contributed by atoms with Gasteiger partial charge in [0.1, 0.15) is 0 Å². The number of aromatic nitrogens is 1. The Labute approximate surface area is 132 Å². The lowest BCUT2D eigenvalue weighted by Gasteiger charge is -2.37. The molecule has 1 saturated heterocycles. The Morgan fingerprint density at radius 2 is 1.82 bits per heavy atom. The number of aryl methyl sites for hydroxylation is 1. The molecule has 1 aromatic heterocycles. The third kappa shape index (κ3) is 2.57. The summed E-state index contributed by atoms with van der Waals surface area (Å²) in [5.74, 6) is 2.55. The molecule has 120 valence electrons. The van der Waals surface area contributed by atoms with Crippen LogP contribution in [0.4, 0.5) is 0 Å². The van der Waals surface area contributed by atoms with Crippen molar-refractivity contribution in [1.29, 1.82) is 0 Å². The summed E-state index contributed by atoms with van der Waals surface area (Å²) in [5, 5.41) is 0. The van der Waals surface area contributed by atoms with Gasteiger partial charge in [-0.15, -0.1) is 0 Å². The molecule has 22 heavy (non-hydrogen) atoms. The Bertz CT molecular complexity index is 561. The van der Waals surface area contributed by atoms with Crippen molar-refractivity contribution in [3.8, 4) is 0 Å². The van der Waals surface area contributed by atoms with Crippen LogP contribution in [-0.4, -0.2) is 28.4 Å². The second-order valence-corrected chi connectivity index (χ2v) is 7.35.